The Morgan fingerprint density at radius 1 is 1.20 bits per heavy atom. The van der Waals surface area contributed by atoms with Crippen LogP contribution >= 0.6 is 0 Å². The van der Waals surface area contributed by atoms with Gasteiger partial charge >= 0.3 is 0 Å². The second-order valence-corrected chi connectivity index (χ2v) is 5.93. The van der Waals surface area contributed by atoms with Gasteiger partial charge in [0.15, 0.2) is 0 Å². The minimum absolute atomic E-state index is 0.0770. The molecular weight excluding hydrogens is 319 g/mol. The second-order valence-electron chi connectivity index (χ2n) is 5.93. The largest absolute Gasteiger partial charge is 0.309 e. The van der Waals surface area contributed by atoms with Gasteiger partial charge in [-0.15, -0.1) is 6.58 Å². The summed E-state index contributed by atoms with van der Waals surface area (Å²) in [6.45, 7) is 4.24. The third-order valence-corrected chi connectivity index (χ3v) is 4.26. The Bertz CT molecular complexity index is 791. The van der Waals surface area contributed by atoms with Crippen LogP contribution in [0.25, 0.3) is 0 Å². The lowest BCUT2D eigenvalue weighted by atomic mass is 10.1. The highest BCUT2D eigenvalue weighted by Crippen LogP contribution is 2.29. The van der Waals surface area contributed by atoms with E-state index < -0.39 is 11.7 Å². The van der Waals surface area contributed by atoms with Gasteiger partial charge in [-0.3, -0.25) is 9.59 Å². The Kier molecular flexibility index (Phi) is 4.93. The fraction of sp³-hybridized carbons (Fsp3) is 0.200. The molecule has 1 heterocycles. The first-order valence-electron chi connectivity index (χ1n) is 8.14. The van der Waals surface area contributed by atoms with Crippen molar-refractivity contribution in [3.8, 4) is 0 Å². The number of hydrogen-bond donors (Lipinski definition) is 0. The van der Waals surface area contributed by atoms with Gasteiger partial charge in [0, 0.05) is 25.2 Å². The van der Waals surface area contributed by atoms with E-state index in [1.54, 1.807) is 29.2 Å². The van der Waals surface area contributed by atoms with Crippen LogP contribution in [0, 0.1) is 11.7 Å². The van der Waals surface area contributed by atoms with Crippen molar-refractivity contribution in [1.82, 2.24) is 0 Å². The Balaban J connectivity index is 1.82. The number of anilines is 2. The van der Waals surface area contributed by atoms with E-state index in [4.69, 9.17) is 0 Å². The maximum absolute atomic E-state index is 14.0. The first kappa shape index (κ1) is 16.9. The Hall–Kier alpha value is -2.95. The van der Waals surface area contributed by atoms with Gasteiger partial charge in [-0.2, -0.15) is 0 Å². The lowest BCUT2D eigenvalue weighted by Gasteiger charge is -2.24. The van der Waals surface area contributed by atoms with Crippen molar-refractivity contribution in [3.05, 3.63) is 73.1 Å². The normalized spacial score (nSPS) is 16.8. The molecule has 25 heavy (non-hydrogen) atoms. The molecule has 0 unspecified atom stereocenters. The summed E-state index contributed by atoms with van der Waals surface area (Å²) >= 11 is 0. The Morgan fingerprint density at radius 2 is 1.88 bits per heavy atom. The van der Waals surface area contributed by atoms with Crippen LogP contribution in [-0.4, -0.2) is 24.9 Å². The molecule has 0 aromatic heterocycles. The lowest BCUT2D eigenvalue weighted by Crippen LogP contribution is -2.37. The summed E-state index contributed by atoms with van der Waals surface area (Å²) in [4.78, 5) is 28.2. The molecule has 5 heteroatoms. The van der Waals surface area contributed by atoms with Crippen molar-refractivity contribution in [3.63, 3.8) is 0 Å². The van der Waals surface area contributed by atoms with Gasteiger partial charge in [-0.05, 0) is 24.3 Å². The molecule has 1 aliphatic rings. The number of amides is 2. The van der Waals surface area contributed by atoms with Gasteiger partial charge in [-0.25, -0.2) is 4.39 Å². The predicted molar refractivity (Wildman–Crippen MR) is 95.9 cm³/mol. The van der Waals surface area contributed by atoms with Crippen molar-refractivity contribution in [2.45, 2.75) is 6.42 Å². The number of halogens is 1. The average molecular weight is 338 g/mol. The standard InChI is InChI=1S/C20H19FN2O2/c1-2-12-22(16-8-4-3-5-9-16)20(25)15-13-19(24)23(14-15)18-11-7-6-10-17(18)21/h2-11,15H,1,12-14H2/t15-/m0/s1. The van der Waals surface area contributed by atoms with Crippen LogP contribution in [0.2, 0.25) is 0 Å². The van der Waals surface area contributed by atoms with Crippen LogP contribution in [0.1, 0.15) is 6.42 Å². The van der Waals surface area contributed by atoms with Crippen LogP contribution in [0.5, 0.6) is 0 Å². The van der Waals surface area contributed by atoms with E-state index in [1.807, 2.05) is 30.3 Å². The molecule has 1 saturated heterocycles. The molecule has 0 aliphatic carbocycles. The second kappa shape index (κ2) is 7.30. The average Bonchev–Trinajstić information content (AvgIpc) is 3.02. The molecular formula is C20H19FN2O2. The van der Waals surface area contributed by atoms with Gasteiger partial charge in [0.2, 0.25) is 11.8 Å². The van der Waals surface area contributed by atoms with E-state index in [2.05, 4.69) is 6.58 Å². The highest BCUT2D eigenvalue weighted by Gasteiger charge is 2.38. The van der Waals surface area contributed by atoms with E-state index in [0.717, 1.165) is 5.69 Å². The van der Waals surface area contributed by atoms with Crippen molar-refractivity contribution in [1.29, 1.82) is 0 Å². The number of carbonyl (C=O) groups is 2. The van der Waals surface area contributed by atoms with Crippen LogP contribution in [0.15, 0.2) is 67.3 Å². The molecule has 0 N–H and O–H groups in total. The molecule has 1 atom stereocenters. The molecule has 3 rings (SSSR count). The summed E-state index contributed by atoms with van der Waals surface area (Å²) in [5.41, 5.74) is 0.974. The van der Waals surface area contributed by atoms with E-state index in [1.165, 1.54) is 11.0 Å². The Labute approximate surface area is 146 Å². The van der Waals surface area contributed by atoms with Crippen LogP contribution in [0.3, 0.4) is 0 Å². The quantitative estimate of drug-likeness (QED) is 0.784. The first-order chi connectivity index (χ1) is 12.1. The molecule has 2 amide bonds. The van der Waals surface area contributed by atoms with Crippen molar-refractivity contribution in [2.24, 2.45) is 5.92 Å². The third-order valence-electron chi connectivity index (χ3n) is 4.26. The molecule has 2 aromatic carbocycles. The molecule has 0 radical (unpaired) electrons. The van der Waals surface area contributed by atoms with Crippen LogP contribution in [-0.2, 0) is 9.59 Å². The topological polar surface area (TPSA) is 40.6 Å². The summed E-state index contributed by atoms with van der Waals surface area (Å²) in [6, 6.07) is 15.4. The predicted octanol–water partition coefficient (Wildman–Crippen LogP) is 3.40. The minimum Gasteiger partial charge on any atom is -0.309 e. The van der Waals surface area contributed by atoms with Gasteiger partial charge in [0.05, 0.1) is 11.6 Å². The first-order valence-corrected chi connectivity index (χ1v) is 8.14. The number of rotatable bonds is 5. The third kappa shape index (κ3) is 3.45. The zero-order valence-electron chi connectivity index (χ0n) is 13.8. The van der Waals surface area contributed by atoms with Crippen LogP contribution < -0.4 is 9.80 Å². The minimum atomic E-state index is -0.507. The smallest absolute Gasteiger partial charge is 0.232 e. The summed E-state index contributed by atoms with van der Waals surface area (Å²) in [5, 5.41) is 0. The summed E-state index contributed by atoms with van der Waals surface area (Å²) in [7, 11) is 0. The molecule has 0 saturated carbocycles. The highest BCUT2D eigenvalue weighted by molar-refractivity contribution is 6.04. The summed E-state index contributed by atoms with van der Waals surface area (Å²) in [6.07, 6.45) is 1.73. The van der Waals surface area contributed by atoms with Gasteiger partial charge in [0.1, 0.15) is 5.82 Å². The fourth-order valence-corrected chi connectivity index (χ4v) is 3.06. The van der Waals surface area contributed by atoms with E-state index in [0.29, 0.717) is 6.54 Å². The molecule has 128 valence electrons. The lowest BCUT2D eigenvalue weighted by molar-refractivity contribution is -0.124. The van der Waals surface area contributed by atoms with E-state index in [-0.39, 0.29) is 30.5 Å². The molecule has 0 spiro atoms. The number of carbonyl (C=O) groups excluding carboxylic acids is 2. The monoisotopic (exact) mass is 338 g/mol. The Morgan fingerprint density at radius 3 is 2.56 bits per heavy atom. The zero-order chi connectivity index (χ0) is 17.8. The number of nitrogens with zero attached hydrogens (tertiary/aromatic N) is 2. The molecule has 0 bridgehead atoms. The van der Waals surface area contributed by atoms with Gasteiger partial charge in [0.25, 0.3) is 0 Å². The maximum atomic E-state index is 14.0. The van der Waals surface area contributed by atoms with E-state index >= 15 is 0 Å². The van der Waals surface area contributed by atoms with Gasteiger partial charge < -0.3 is 9.80 Å². The summed E-state index contributed by atoms with van der Waals surface area (Å²) < 4.78 is 14.0. The summed E-state index contributed by atoms with van der Waals surface area (Å²) in [5.74, 6) is -1.37. The zero-order valence-corrected chi connectivity index (χ0v) is 13.8. The number of benzene rings is 2. The number of para-hydroxylation sites is 2. The molecule has 4 nitrogen and oxygen atoms in total. The van der Waals surface area contributed by atoms with E-state index in [9.17, 15) is 14.0 Å². The molecule has 1 fully saturated rings. The maximum Gasteiger partial charge on any atom is 0.232 e. The van der Waals surface area contributed by atoms with Crippen molar-refractivity contribution < 1.29 is 14.0 Å². The molecule has 1 aliphatic heterocycles. The van der Waals surface area contributed by atoms with Crippen molar-refractivity contribution in [2.75, 3.05) is 22.9 Å². The van der Waals surface area contributed by atoms with Gasteiger partial charge in [-0.1, -0.05) is 36.4 Å². The van der Waals surface area contributed by atoms with Crippen molar-refractivity contribution >= 4 is 23.2 Å². The van der Waals surface area contributed by atoms with Crippen LogP contribution in [0.4, 0.5) is 15.8 Å². The molecule has 2 aromatic rings. The highest BCUT2D eigenvalue weighted by atomic mass is 19.1. The fourth-order valence-electron chi connectivity index (χ4n) is 3.06. The number of hydrogen-bond acceptors (Lipinski definition) is 2. The SMILES string of the molecule is C=CCN(C(=O)[C@H]1CC(=O)N(c2ccccc2F)C1)c1ccccc1.